The fraction of sp³-hybridized carbons (Fsp3) is 0.130. The van der Waals surface area contributed by atoms with Crippen molar-refractivity contribution < 1.29 is 34.0 Å². The number of amides is 1. The number of aromatic nitrogens is 2. The molecule has 0 aliphatic carbocycles. The van der Waals surface area contributed by atoms with Crippen molar-refractivity contribution in [3.63, 3.8) is 0 Å². The van der Waals surface area contributed by atoms with E-state index in [1.54, 1.807) is 6.07 Å². The summed E-state index contributed by atoms with van der Waals surface area (Å²) in [5.41, 5.74) is -0.624. The molecule has 10 heteroatoms. The van der Waals surface area contributed by atoms with E-state index in [-0.39, 0.29) is 24.2 Å². The number of nitrogens with zero attached hydrogens (tertiary/aromatic N) is 2. The lowest BCUT2D eigenvalue weighted by Crippen LogP contribution is -2.16. The molecule has 0 bridgehead atoms. The summed E-state index contributed by atoms with van der Waals surface area (Å²) >= 11 is 0. The quantitative estimate of drug-likeness (QED) is 0.302. The first-order valence-corrected chi connectivity index (χ1v) is 9.70. The average molecular weight is 461 g/mol. The van der Waals surface area contributed by atoms with Crippen LogP contribution >= 0.6 is 0 Å². The van der Waals surface area contributed by atoms with Crippen LogP contribution in [0.3, 0.4) is 0 Å². The second-order valence-corrected chi connectivity index (χ2v) is 6.14. The third-order valence-corrected chi connectivity index (χ3v) is 3.89. The number of carbonyl (C=O) groups is 2. The highest BCUT2D eigenvalue weighted by atomic mass is 19.4. The lowest BCUT2D eigenvalue weighted by atomic mass is 10.1. The zero-order chi connectivity index (χ0) is 24.4. The van der Waals surface area contributed by atoms with Crippen LogP contribution in [0.2, 0.25) is 0 Å². The minimum atomic E-state index is -4.57. The van der Waals surface area contributed by atoms with Gasteiger partial charge in [0.1, 0.15) is 11.5 Å². The highest BCUT2D eigenvalue weighted by molar-refractivity contribution is 6.07. The molecule has 7 nitrogen and oxygen atoms in total. The summed E-state index contributed by atoms with van der Waals surface area (Å²) in [6, 6.07) is 9.07. The highest BCUT2D eigenvalue weighted by Gasteiger charge is 2.30. The predicted octanol–water partition coefficient (Wildman–Crippen LogP) is 5.34. The molecule has 0 radical (unpaired) electrons. The number of rotatable bonds is 5. The standard InChI is InChI=1S/C21H14F3N3O4.C2H6.H2/c22-21(23,24)14-2-1-3-15(10-14)27-20(30)17-6-5-16(28)11-18(17)31-19(29)7-4-13-8-9-25-26-12-13;1-2;/h1-12,28H,(H,27,30);1-2H3;1H/b7-4+;;. The normalized spacial score (nSPS) is 10.8. The molecule has 1 amide bonds. The van der Waals surface area contributed by atoms with Crippen LogP contribution in [-0.2, 0) is 11.0 Å². The van der Waals surface area contributed by atoms with E-state index in [4.69, 9.17) is 4.74 Å². The summed E-state index contributed by atoms with van der Waals surface area (Å²) in [6.07, 6.45) is 0.747. The van der Waals surface area contributed by atoms with Gasteiger partial charge in [0.2, 0.25) is 0 Å². The molecule has 1 aromatic heterocycles. The van der Waals surface area contributed by atoms with Crippen LogP contribution in [0.4, 0.5) is 18.9 Å². The van der Waals surface area contributed by atoms with Gasteiger partial charge in [0.25, 0.3) is 5.91 Å². The number of esters is 1. The van der Waals surface area contributed by atoms with Gasteiger partial charge in [0.05, 0.1) is 23.5 Å². The first-order chi connectivity index (χ1) is 15.7. The van der Waals surface area contributed by atoms with Gasteiger partial charge in [-0.2, -0.15) is 23.4 Å². The topological polar surface area (TPSA) is 101 Å². The Balaban J connectivity index is 0.00000188. The summed E-state index contributed by atoms with van der Waals surface area (Å²) < 4.78 is 43.7. The number of nitrogens with one attached hydrogen (secondary N) is 1. The van der Waals surface area contributed by atoms with Crippen LogP contribution in [-0.4, -0.2) is 27.2 Å². The Hall–Kier alpha value is -4.21. The number of aromatic hydroxyl groups is 1. The lowest BCUT2D eigenvalue weighted by Gasteiger charge is -2.12. The summed E-state index contributed by atoms with van der Waals surface area (Å²) in [7, 11) is 0. The first kappa shape index (κ1) is 25.1. The van der Waals surface area contributed by atoms with Gasteiger partial charge in [-0.3, -0.25) is 4.79 Å². The molecule has 33 heavy (non-hydrogen) atoms. The number of hydrogen-bond acceptors (Lipinski definition) is 6. The van der Waals surface area contributed by atoms with Crippen molar-refractivity contribution in [3.8, 4) is 11.5 Å². The number of ether oxygens (including phenoxy) is 1. The van der Waals surface area contributed by atoms with Crippen LogP contribution in [0.15, 0.2) is 67.0 Å². The average Bonchev–Trinajstić information content (AvgIpc) is 2.79. The van der Waals surface area contributed by atoms with E-state index in [1.165, 1.54) is 36.7 Å². The number of hydrogen-bond donors (Lipinski definition) is 2. The van der Waals surface area contributed by atoms with Crippen molar-refractivity contribution in [3.05, 3.63) is 83.7 Å². The van der Waals surface area contributed by atoms with Crippen molar-refractivity contribution in [1.29, 1.82) is 0 Å². The number of alkyl halides is 3. The number of benzene rings is 2. The van der Waals surface area contributed by atoms with E-state index >= 15 is 0 Å². The van der Waals surface area contributed by atoms with Crippen LogP contribution in [0.1, 0.15) is 36.8 Å². The van der Waals surface area contributed by atoms with Gasteiger partial charge in [-0.25, -0.2) is 4.79 Å². The molecular weight excluding hydrogens is 439 g/mol. The van der Waals surface area contributed by atoms with Crippen molar-refractivity contribution in [1.82, 2.24) is 10.2 Å². The fourth-order valence-corrected chi connectivity index (χ4v) is 2.46. The molecule has 0 aliphatic heterocycles. The Morgan fingerprint density at radius 1 is 1.09 bits per heavy atom. The molecule has 0 spiro atoms. The maximum Gasteiger partial charge on any atom is 0.416 e. The summed E-state index contributed by atoms with van der Waals surface area (Å²) in [4.78, 5) is 24.7. The number of phenols is 1. The van der Waals surface area contributed by atoms with Crippen molar-refractivity contribution in [2.75, 3.05) is 5.32 Å². The minimum Gasteiger partial charge on any atom is -0.508 e. The fourth-order valence-electron chi connectivity index (χ4n) is 2.46. The third-order valence-electron chi connectivity index (χ3n) is 3.89. The van der Waals surface area contributed by atoms with Gasteiger partial charge in [-0.05, 0) is 48.0 Å². The van der Waals surface area contributed by atoms with Crippen LogP contribution in [0.5, 0.6) is 11.5 Å². The molecule has 174 valence electrons. The third kappa shape index (κ3) is 7.46. The number of anilines is 1. The van der Waals surface area contributed by atoms with Gasteiger partial charge in [0, 0.05) is 19.3 Å². The summed E-state index contributed by atoms with van der Waals surface area (Å²) in [6.45, 7) is 4.00. The molecule has 3 aromatic rings. The monoisotopic (exact) mass is 461 g/mol. The van der Waals surface area contributed by atoms with Crippen LogP contribution < -0.4 is 10.1 Å². The molecule has 0 aliphatic rings. The van der Waals surface area contributed by atoms with E-state index in [1.807, 2.05) is 13.8 Å². The highest BCUT2D eigenvalue weighted by Crippen LogP contribution is 2.31. The van der Waals surface area contributed by atoms with E-state index in [2.05, 4.69) is 15.5 Å². The van der Waals surface area contributed by atoms with Gasteiger partial charge < -0.3 is 15.2 Å². The van der Waals surface area contributed by atoms with Crippen molar-refractivity contribution in [2.24, 2.45) is 0 Å². The Bertz CT molecular complexity index is 1140. The van der Waals surface area contributed by atoms with Gasteiger partial charge in [0.15, 0.2) is 0 Å². The summed E-state index contributed by atoms with van der Waals surface area (Å²) in [5.74, 6) is -2.23. The van der Waals surface area contributed by atoms with Gasteiger partial charge in [-0.15, -0.1) is 0 Å². The van der Waals surface area contributed by atoms with E-state index in [0.717, 1.165) is 30.3 Å². The molecule has 0 saturated carbocycles. The second-order valence-electron chi connectivity index (χ2n) is 6.14. The molecule has 0 unspecified atom stereocenters. The number of phenolic OH excluding ortho intramolecular Hbond substituents is 1. The van der Waals surface area contributed by atoms with Crippen molar-refractivity contribution >= 4 is 23.6 Å². The molecule has 3 rings (SSSR count). The Morgan fingerprint density at radius 3 is 2.52 bits per heavy atom. The molecule has 0 saturated heterocycles. The largest absolute Gasteiger partial charge is 0.508 e. The molecule has 2 aromatic carbocycles. The van der Waals surface area contributed by atoms with Crippen molar-refractivity contribution in [2.45, 2.75) is 20.0 Å². The zero-order valence-electron chi connectivity index (χ0n) is 17.6. The SMILES string of the molecule is CC.O=C(/C=C/c1ccnnc1)Oc1cc(O)ccc1C(=O)Nc1cccc(C(F)(F)F)c1.[HH]. The molecule has 2 N–H and O–H groups in total. The number of halogens is 3. The Labute approximate surface area is 189 Å². The van der Waals surface area contributed by atoms with Gasteiger partial charge >= 0.3 is 12.1 Å². The number of carbonyl (C=O) groups excluding carboxylic acids is 2. The Morgan fingerprint density at radius 2 is 1.85 bits per heavy atom. The predicted molar refractivity (Wildman–Crippen MR) is 118 cm³/mol. The van der Waals surface area contributed by atoms with E-state index in [0.29, 0.717) is 5.56 Å². The van der Waals surface area contributed by atoms with Gasteiger partial charge in [-0.1, -0.05) is 19.9 Å². The molecular formula is C23H22F3N3O4. The summed E-state index contributed by atoms with van der Waals surface area (Å²) in [5, 5.41) is 19.2. The molecule has 0 fully saturated rings. The van der Waals surface area contributed by atoms with E-state index < -0.39 is 23.6 Å². The zero-order valence-corrected chi connectivity index (χ0v) is 17.6. The second kappa shape index (κ2) is 11.4. The minimum absolute atomic E-state index is 0. The van der Waals surface area contributed by atoms with Crippen LogP contribution in [0, 0.1) is 0 Å². The molecule has 0 atom stereocenters. The van der Waals surface area contributed by atoms with E-state index in [9.17, 15) is 27.9 Å². The smallest absolute Gasteiger partial charge is 0.416 e. The first-order valence-electron chi connectivity index (χ1n) is 9.70. The Kier molecular flexibility index (Phi) is 8.67. The lowest BCUT2D eigenvalue weighted by molar-refractivity contribution is -0.137. The maximum absolute atomic E-state index is 12.9. The maximum atomic E-state index is 12.9. The molecule has 1 heterocycles. The van der Waals surface area contributed by atoms with Crippen LogP contribution in [0.25, 0.3) is 6.08 Å².